The number of hydrogen-bond donors (Lipinski definition) is 3. The highest BCUT2D eigenvalue weighted by Gasteiger charge is 2.22. The minimum absolute atomic E-state index is 0.0892. The maximum absolute atomic E-state index is 11.6. The number of hydrogen-bond acceptors (Lipinski definition) is 7. The van der Waals surface area contributed by atoms with E-state index in [1.165, 1.54) is 0 Å². The molecule has 1 unspecified atom stereocenters. The quantitative estimate of drug-likeness (QED) is 0.348. The molecule has 1 aliphatic heterocycles. The average Bonchev–Trinajstić information content (AvgIpc) is 2.89. The second-order valence-corrected chi connectivity index (χ2v) is 9.02. The topological polar surface area (TPSA) is 98.9 Å². The van der Waals surface area contributed by atoms with Crippen LogP contribution in [0.25, 0.3) is 0 Å². The first-order chi connectivity index (χ1) is 17.4. The summed E-state index contributed by atoms with van der Waals surface area (Å²) in [6.45, 7) is 6.75. The third-order valence-electron chi connectivity index (χ3n) is 6.71. The van der Waals surface area contributed by atoms with Gasteiger partial charge in [0.15, 0.2) is 0 Å². The highest BCUT2D eigenvalue weighted by atomic mass is 16.2. The molecule has 0 saturated carbocycles. The van der Waals surface area contributed by atoms with Crippen LogP contribution in [0.15, 0.2) is 59.7 Å². The molecule has 0 radical (unpaired) electrons. The molecule has 0 spiro atoms. The Morgan fingerprint density at radius 3 is 2.44 bits per heavy atom. The molecular weight excluding hydrogens is 450 g/mol. The smallest absolute Gasteiger partial charge is 0.219 e. The summed E-state index contributed by atoms with van der Waals surface area (Å²) in [5.74, 6) is 1.05. The van der Waals surface area contributed by atoms with Crippen molar-refractivity contribution in [2.24, 2.45) is 4.99 Å². The predicted molar refractivity (Wildman–Crippen MR) is 148 cm³/mol. The molecule has 8 nitrogen and oxygen atoms in total. The monoisotopic (exact) mass is 485 g/mol. The summed E-state index contributed by atoms with van der Waals surface area (Å²) in [7, 11) is 3.71. The van der Waals surface area contributed by atoms with Crippen LogP contribution in [0.5, 0.6) is 0 Å². The molecule has 1 fully saturated rings. The predicted octanol–water partition coefficient (Wildman–Crippen LogP) is 3.74. The van der Waals surface area contributed by atoms with E-state index in [2.05, 4.69) is 57.8 Å². The van der Waals surface area contributed by atoms with Crippen LogP contribution < -0.4 is 21.3 Å². The second-order valence-electron chi connectivity index (χ2n) is 9.02. The summed E-state index contributed by atoms with van der Waals surface area (Å²) in [5, 5.41) is 7.07. The number of amides is 1. The molecule has 2 aromatic carbocycles. The third kappa shape index (κ3) is 5.33. The number of nitrogen functional groups attached to an aromatic ring is 1. The SMILES string of the molecule is CN=Cc1c(N)cccc1C(NC)c1cccc(C)c1Nc1ccc(N2CCN(C(C)=O)CC2)nc1. The van der Waals surface area contributed by atoms with Gasteiger partial charge in [-0.15, -0.1) is 0 Å². The van der Waals surface area contributed by atoms with E-state index in [1.807, 2.05) is 42.6 Å². The Bertz CT molecular complexity index is 1230. The van der Waals surface area contributed by atoms with Crippen LogP contribution in [0.1, 0.15) is 35.2 Å². The van der Waals surface area contributed by atoms with E-state index in [-0.39, 0.29) is 11.9 Å². The minimum atomic E-state index is -0.0892. The number of aliphatic imine (C=N–C) groups is 1. The summed E-state index contributed by atoms with van der Waals surface area (Å²) in [4.78, 5) is 24.6. The average molecular weight is 486 g/mol. The lowest BCUT2D eigenvalue weighted by molar-refractivity contribution is -0.129. The van der Waals surface area contributed by atoms with E-state index in [9.17, 15) is 4.79 Å². The zero-order valence-corrected chi connectivity index (χ0v) is 21.5. The van der Waals surface area contributed by atoms with Gasteiger partial charge in [-0.25, -0.2) is 4.98 Å². The lowest BCUT2D eigenvalue weighted by Gasteiger charge is -2.34. The van der Waals surface area contributed by atoms with E-state index in [4.69, 9.17) is 10.7 Å². The molecule has 4 rings (SSSR count). The van der Waals surface area contributed by atoms with Crippen molar-refractivity contribution in [1.29, 1.82) is 0 Å². The number of carbonyl (C=O) groups excluding carboxylic acids is 1. The molecule has 0 aliphatic carbocycles. The first-order valence-electron chi connectivity index (χ1n) is 12.2. The fourth-order valence-corrected chi connectivity index (χ4v) is 4.75. The maximum atomic E-state index is 11.6. The van der Waals surface area contributed by atoms with Crippen molar-refractivity contribution in [2.75, 3.05) is 56.2 Å². The first kappa shape index (κ1) is 25.2. The molecule has 1 amide bonds. The van der Waals surface area contributed by atoms with Crippen LogP contribution in [0.2, 0.25) is 0 Å². The van der Waals surface area contributed by atoms with Crippen LogP contribution in [-0.2, 0) is 4.79 Å². The lowest BCUT2D eigenvalue weighted by atomic mass is 9.91. The second kappa shape index (κ2) is 11.2. The third-order valence-corrected chi connectivity index (χ3v) is 6.71. The van der Waals surface area contributed by atoms with Gasteiger partial charge in [0, 0.05) is 63.3 Å². The van der Waals surface area contributed by atoms with Gasteiger partial charge < -0.3 is 26.2 Å². The zero-order valence-electron chi connectivity index (χ0n) is 21.5. The number of para-hydroxylation sites is 1. The normalized spacial score (nSPS) is 14.8. The fourth-order valence-electron chi connectivity index (χ4n) is 4.75. The van der Waals surface area contributed by atoms with Crippen molar-refractivity contribution in [2.45, 2.75) is 19.9 Å². The Morgan fingerprint density at radius 1 is 1.08 bits per heavy atom. The van der Waals surface area contributed by atoms with E-state index in [0.717, 1.165) is 65.6 Å². The number of nitrogens with one attached hydrogen (secondary N) is 2. The molecule has 8 heteroatoms. The highest BCUT2D eigenvalue weighted by Crippen LogP contribution is 2.35. The van der Waals surface area contributed by atoms with Crippen LogP contribution in [0.3, 0.4) is 0 Å². The van der Waals surface area contributed by atoms with Crippen LogP contribution >= 0.6 is 0 Å². The Morgan fingerprint density at radius 2 is 1.81 bits per heavy atom. The van der Waals surface area contributed by atoms with Gasteiger partial charge in [-0.2, -0.15) is 0 Å². The molecule has 1 saturated heterocycles. The summed E-state index contributed by atoms with van der Waals surface area (Å²) in [6, 6.07) is 16.3. The molecular formula is C28H35N7O. The summed E-state index contributed by atoms with van der Waals surface area (Å²) in [6.07, 6.45) is 3.68. The molecule has 0 bridgehead atoms. The van der Waals surface area contributed by atoms with Gasteiger partial charge in [-0.05, 0) is 48.9 Å². The van der Waals surface area contributed by atoms with Gasteiger partial charge >= 0.3 is 0 Å². The largest absolute Gasteiger partial charge is 0.398 e. The number of anilines is 4. The van der Waals surface area contributed by atoms with E-state index in [1.54, 1.807) is 14.0 Å². The number of carbonyl (C=O) groups is 1. The molecule has 4 N–H and O–H groups in total. The van der Waals surface area contributed by atoms with Gasteiger partial charge in [-0.1, -0.05) is 30.3 Å². The molecule has 2 heterocycles. The number of piperazine rings is 1. The number of aromatic nitrogens is 1. The van der Waals surface area contributed by atoms with Crippen molar-refractivity contribution in [1.82, 2.24) is 15.2 Å². The Kier molecular flexibility index (Phi) is 7.85. The van der Waals surface area contributed by atoms with Crippen molar-refractivity contribution in [3.8, 4) is 0 Å². The van der Waals surface area contributed by atoms with Crippen LogP contribution in [0, 0.1) is 6.92 Å². The number of benzene rings is 2. The first-order valence-corrected chi connectivity index (χ1v) is 12.2. The molecule has 1 aromatic heterocycles. The van der Waals surface area contributed by atoms with Gasteiger partial charge in [0.25, 0.3) is 0 Å². The highest BCUT2D eigenvalue weighted by molar-refractivity contribution is 5.89. The van der Waals surface area contributed by atoms with E-state index < -0.39 is 0 Å². The van der Waals surface area contributed by atoms with Gasteiger partial charge in [0.05, 0.1) is 17.9 Å². The van der Waals surface area contributed by atoms with Gasteiger partial charge in [0.1, 0.15) is 5.82 Å². The summed E-state index contributed by atoms with van der Waals surface area (Å²) in [5.41, 5.74) is 13.2. The van der Waals surface area contributed by atoms with Crippen molar-refractivity contribution in [3.63, 3.8) is 0 Å². The zero-order chi connectivity index (χ0) is 25.7. The number of pyridine rings is 1. The molecule has 188 valence electrons. The molecule has 3 aromatic rings. The number of nitrogens with two attached hydrogens (primary N) is 1. The fraction of sp³-hybridized carbons (Fsp3) is 0.321. The number of aryl methyl sites for hydroxylation is 1. The van der Waals surface area contributed by atoms with Crippen molar-refractivity contribution < 1.29 is 4.79 Å². The lowest BCUT2D eigenvalue weighted by Crippen LogP contribution is -2.48. The summed E-state index contributed by atoms with van der Waals surface area (Å²) >= 11 is 0. The van der Waals surface area contributed by atoms with Gasteiger partial charge in [0.2, 0.25) is 5.91 Å². The Balaban J connectivity index is 1.60. The Hall–Kier alpha value is -3.91. The van der Waals surface area contributed by atoms with Crippen LogP contribution in [0.4, 0.5) is 22.9 Å². The molecule has 36 heavy (non-hydrogen) atoms. The molecule has 1 aliphatic rings. The van der Waals surface area contributed by atoms with Crippen molar-refractivity contribution in [3.05, 3.63) is 77.0 Å². The number of nitrogens with zero attached hydrogens (tertiary/aromatic N) is 4. The Labute approximate surface area is 213 Å². The van der Waals surface area contributed by atoms with Gasteiger partial charge in [-0.3, -0.25) is 9.79 Å². The standard InChI is InChI=1S/C28H35N7O/c1-19-7-5-9-23(28(31-4)22-8-6-10-25(29)24(22)18-30-3)27(19)33-21-11-12-26(32-17-21)35-15-13-34(14-16-35)20(2)36/h5-12,17-18,28,31,33H,13-16,29H2,1-4H3. The summed E-state index contributed by atoms with van der Waals surface area (Å²) < 4.78 is 0. The van der Waals surface area contributed by atoms with E-state index in [0.29, 0.717) is 5.69 Å². The van der Waals surface area contributed by atoms with Crippen LogP contribution in [-0.4, -0.2) is 62.3 Å². The van der Waals surface area contributed by atoms with Crippen molar-refractivity contribution >= 4 is 35.0 Å². The number of rotatable bonds is 7. The minimum Gasteiger partial charge on any atom is -0.398 e. The maximum Gasteiger partial charge on any atom is 0.219 e. The molecule has 1 atom stereocenters. The van der Waals surface area contributed by atoms with E-state index >= 15 is 0 Å².